The summed E-state index contributed by atoms with van der Waals surface area (Å²) in [4.78, 5) is 4.71. The van der Waals surface area contributed by atoms with Crippen LogP contribution < -0.4 is 4.90 Å². The van der Waals surface area contributed by atoms with E-state index in [4.69, 9.17) is 0 Å². The van der Waals surface area contributed by atoms with Crippen molar-refractivity contribution in [3.05, 3.63) is 29.6 Å². The number of para-hydroxylation sites is 1. The van der Waals surface area contributed by atoms with Gasteiger partial charge in [0.05, 0.1) is 12.3 Å². The zero-order valence-electron chi connectivity index (χ0n) is 12.1. The Bertz CT molecular complexity index is 480. The summed E-state index contributed by atoms with van der Waals surface area (Å²) >= 11 is 0. The molecule has 2 atom stereocenters. The summed E-state index contributed by atoms with van der Waals surface area (Å²) in [6.45, 7) is 5.08. The summed E-state index contributed by atoms with van der Waals surface area (Å²) in [7, 11) is 0. The highest BCUT2D eigenvalue weighted by molar-refractivity contribution is 5.56. The van der Waals surface area contributed by atoms with Gasteiger partial charge in [-0.25, -0.2) is 4.39 Å². The van der Waals surface area contributed by atoms with E-state index in [-0.39, 0.29) is 18.5 Å². The zero-order valence-corrected chi connectivity index (χ0v) is 12.1. The molecule has 1 aromatic rings. The van der Waals surface area contributed by atoms with Gasteiger partial charge in [0, 0.05) is 30.7 Å². The SMILES string of the molecule is CC1CN2CCCCC2CN1c1c(F)cccc1CO. The molecule has 0 amide bonds. The number of benzene rings is 1. The predicted octanol–water partition coefficient (Wildman–Crippen LogP) is 2.38. The number of hydrogen-bond acceptors (Lipinski definition) is 3. The fourth-order valence-electron chi connectivity index (χ4n) is 3.67. The molecule has 0 saturated carbocycles. The summed E-state index contributed by atoms with van der Waals surface area (Å²) in [6, 6.07) is 5.80. The largest absolute Gasteiger partial charge is 0.392 e. The van der Waals surface area contributed by atoms with Crippen LogP contribution >= 0.6 is 0 Å². The van der Waals surface area contributed by atoms with Gasteiger partial charge in [-0.2, -0.15) is 0 Å². The number of rotatable bonds is 2. The molecule has 3 nitrogen and oxygen atoms in total. The highest BCUT2D eigenvalue weighted by Crippen LogP contribution is 2.32. The van der Waals surface area contributed by atoms with Crippen molar-refractivity contribution < 1.29 is 9.50 Å². The highest BCUT2D eigenvalue weighted by Gasteiger charge is 2.34. The molecule has 0 aromatic heterocycles. The van der Waals surface area contributed by atoms with Gasteiger partial charge >= 0.3 is 0 Å². The molecule has 4 heteroatoms. The summed E-state index contributed by atoms with van der Waals surface area (Å²) < 4.78 is 14.3. The van der Waals surface area contributed by atoms with Crippen LogP contribution in [0.4, 0.5) is 10.1 Å². The monoisotopic (exact) mass is 278 g/mol. The predicted molar refractivity (Wildman–Crippen MR) is 78.3 cm³/mol. The molecule has 2 aliphatic rings. The van der Waals surface area contributed by atoms with Gasteiger partial charge in [-0.1, -0.05) is 18.6 Å². The van der Waals surface area contributed by atoms with E-state index < -0.39 is 0 Å². The van der Waals surface area contributed by atoms with Crippen molar-refractivity contribution in [3.63, 3.8) is 0 Å². The third-order valence-corrected chi connectivity index (χ3v) is 4.72. The molecule has 0 bridgehead atoms. The molecular formula is C16H23FN2O. The standard InChI is InChI=1S/C16H23FN2O/c1-12-9-18-8-3-2-6-14(18)10-19(12)16-13(11-20)5-4-7-15(16)17/h4-5,7,12,14,20H,2-3,6,8-11H2,1H3. The van der Waals surface area contributed by atoms with Crippen molar-refractivity contribution in [2.24, 2.45) is 0 Å². The average Bonchev–Trinajstić information content (AvgIpc) is 2.46. The van der Waals surface area contributed by atoms with Crippen LogP contribution in [0.2, 0.25) is 0 Å². The molecule has 2 fully saturated rings. The normalized spacial score (nSPS) is 27.4. The number of piperazine rings is 1. The molecule has 2 aliphatic heterocycles. The Morgan fingerprint density at radius 3 is 2.95 bits per heavy atom. The molecule has 2 saturated heterocycles. The number of anilines is 1. The minimum Gasteiger partial charge on any atom is -0.392 e. The lowest BCUT2D eigenvalue weighted by molar-refractivity contribution is 0.115. The number of fused-ring (bicyclic) bond motifs is 1. The first-order valence-corrected chi connectivity index (χ1v) is 7.59. The van der Waals surface area contributed by atoms with E-state index >= 15 is 0 Å². The minimum atomic E-state index is -0.215. The van der Waals surface area contributed by atoms with E-state index in [1.807, 2.05) is 6.07 Å². The van der Waals surface area contributed by atoms with Crippen LogP contribution in [-0.2, 0) is 6.61 Å². The Balaban J connectivity index is 1.90. The van der Waals surface area contributed by atoms with Gasteiger partial charge in [0.1, 0.15) is 5.82 Å². The number of aliphatic hydroxyl groups excluding tert-OH is 1. The van der Waals surface area contributed by atoms with Gasteiger partial charge in [-0.3, -0.25) is 4.90 Å². The van der Waals surface area contributed by atoms with Crippen molar-refractivity contribution in [2.75, 3.05) is 24.5 Å². The van der Waals surface area contributed by atoms with Crippen LogP contribution in [0.15, 0.2) is 18.2 Å². The summed E-state index contributed by atoms with van der Waals surface area (Å²) in [5, 5.41) is 9.49. The van der Waals surface area contributed by atoms with Crippen LogP contribution in [0.1, 0.15) is 31.7 Å². The quantitative estimate of drug-likeness (QED) is 0.900. The molecule has 2 heterocycles. The lowest BCUT2D eigenvalue weighted by atomic mass is 9.96. The van der Waals surface area contributed by atoms with Gasteiger partial charge < -0.3 is 10.0 Å². The van der Waals surface area contributed by atoms with Crippen LogP contribution in [0.25, 0.3) is 0 Å². The maximum Gasteiger partial charge on any atom is 0.146 e. The van der Waals surface area contributed by atoms with Gasteiger partial charge in [0.25, 0.3) is 0 Å². The summed E-state index contributed by atoms with van der Waals surface area (Å²) in [5.74, 6) is -0.215. The second-order valence-corrected chi connectivity index (χ2v) is 6.05. The topological polar surface area (TPSA) is 26.7 Å². The third kappa shape index (κ3) is 2.42. The lowest BCUT2D eigenvalue weighted by Gasteiger charge is -2.48. The number of piperidine rings is 1. The van der Waals surface area contributed by atoms with Crippen LogP contribution in [0.3, 0.4) is 0 Å². The molecular weight excluding hydrogens is 255 g/mol. The first kappa shape index (κ1) is 13.8. The van der Waals surface area contributed by atoms with Gasteiger partial charge in [0.2, 0.25) is 0 Å². The zero-order chi connectivity index (χ0) is 14.1. The van der Waals surface area contributed by atoms with Crippen LogP contribution in [-0.4, -0.2) is 41.7 Å². The van der Waals surface area contributed by atoms with E-state index in [1.54, 1.807) is 6.07 Å². The van der Waals surface area contributed by atoms with Crippen molar-refractivity contribution in [1.82, 2.24) is 4.90 Å². The molecule has 110 valence electrons. The number of hydrogen-bond donors (Lipinski definition) is 1. The maximum absolute atomic E-state index is 14.3. The molecule has 20 heavy (non-hydrogen) atoms. The second kappa shape index (κ2) is 5.70. The van der Waals surface area contributed by atoms with E-state index in [0.29, 0.717) is 17.3 Å². The van der Waals surface area contributed by atoms with E-state index in [9.17, 15) is 9.50 Å². The van der Waals surface area contributed by atoms with Gasteiger partial charge in [-0.05, 0) is 32.4 Å². The Hall–Kier alpha value is -1.13. The van der Waals surface area contributed by atoms with Gasteiger partial charge in [-0.15, -0.1) is 0 Å². The first-order valence-electron chi connectivity index (χ1n) is 7.59. The fraction of sp³-hybridized carbons (Fsp3) is 0.625. The molecule has 1 aromatic carbocycles. The smallest absolute Gasteiger partial charge is 0.146 e. The van der Waals surface area contributed by atoms with Crippen molar-refractivity contribution in [3.8, 4) is 0 Å². The molecule has 0 radical (unpaired) electrons. The highest BCUT2D eigenvalue weighted by atomic mass is 19.1. The molecule has 0 spiro atoms. The van der Waals surface area contributed by atoms with E-state index in [1.165, 1.54) is 31.9 Å². The van der Waals surface area contributed by atoms with E-state index in [0.717, 1.165) is 13.1 Å². The molecule has 2 unspecified atom stereocenters. The molecule has 0 aliphatic carbocycles. The van der Waals surface area contributed by atoms with Crippen molar-refractivity contribution in [1.29, 1.82) is 0 Å². The Kier molecular flexibility index (Phi) is 3.94. The summed E-state index contributed by atoms with van der Waals surface area (Å²) in [6.07, 6.45) is 3.75. The molecule has 3 rings (SSSR count). The minimum absolute atomic E-state index is 0.106. The Morgan fingerprint density at radius 2 is 2.15 bits per heavy atom. The fourth-order valence-corrected chi connectivity index (χ4v) is 3.67. The second-order valence-electron chi connectivity index (χ2n) is 6.05. The third-order valence-electron chi connectivity index (χ3n) is 4.72. The first-order chi connectivity index (χ1) is 9.70. The molecule has 1 N–H and O–H groups in total. The van der Waals surface area contributed by atoms with Crippen molar-refractivity contribution >= 4 is 5.69 Å². The lowest BCUT2D eigenvalue weighted by Crippen LogP contribution is -2.59. The average molecular weight is 278 g/mol. The number of aliphatic hydroxyl groups is 1. The van der Waals surface area contributed by atoms with Crippen LogP contribution in [0, 0.1) is 5.82 Å². The maximum atomic E-state index is 14.3. The van der Waals surface area contributed by atoms with Gasteiger partial charge in [0.15, 0.2) is 0 Å². The van der Waals surface area contributed by atoms with Crippen LogP contribution in [0.5, 0.6) is 0 Å². The Labute approximate surface area is 120 Å². The Morgan fingerprint density at radius 1 is 1.30 bits per heavy atom. The van der Waals surface area contributed by atoms with Crippen molar-refractivity contribution in [2.45, 2.75) is 44.9 Å². The number of nitrogens with zero attached hydrogens (tertiary/aromatic N) is 2. The number of halogens is 1. The van der Waals surface area contributed by atoms with E-state index in [2.05, 4.69) is 16.7 Å². The summed E-state index contributed by atoms with van der Waals surface area (Å²) in [5.41, 5.74) is 1.30.